The minimum Gasteiger partial charge on any atom is -0.492 e. The molecule has 90 valence electrons. The van der Waals surface area contributed by atoms with Crippen LogP contribution in [0.5, 0.6) is 0 Å². The number of ether oxygens (including phenoxy) is 1. The minimum absolute atomic E-state index is 0.0287. The largest absolute Gasteiger partial charge is 0.492 e. The number of rotatable bonds is 4. The topological polar surface area (TPSA) is 51.0 Å². The van der Waals surface area contributed by atoms with Crippen molar-refractivity contribution in [3.63, 3.8) is 0 Å². The highest BCUT2D eigenvalue weighted by atomic mass is 16.6. The molecule has 1 atom stereocenters. The van der Waals surface area contributed by atoms with E-state index in [4.69, 9.17) is 9.57 Å². The Hall–Kier alpha value is -1.81. The molecule has 1 aliphatic rings. The van der Waals surface area contributed by atoms with Gasteiger partial charge in [0.05, 0.1) is 12.9 Å². The highest BCUT2D eigenvalue weighted by molar-refractivity contribution is 6.05. The highest BCUT2D eigenvalue weighted by Crippen LogP contribution is 2.19. The van der Waals surface area contributed by atoms with Gasteiger partial charge in [-0.25, -0.2) is 0 Å². The first kappa shape index (κ1) is 11.7. The average molecular weight is 233 g/mol. The summed E-state index contributed by atoms with van der Waals surface area (Å²) in [4.78, 5) is 4.87. The van der Waals surface area contributed by atoms with E-state index in [9.17, 15) is 5.11 Å². The summed E-state index contributed by atoms with van der Waals surface area (Å²) in [5.41, 5.74) is 2.39. The fourth-order valence-electron chi connectivity index (χ4n) is 1.85. The fourth-order valence-corrected chi connectivity index (χ4v) is 1.85. The van der Waals surface area contributed by atoms with Gasteiger partial charge in [0.15, 0.2) is 0 Å². The minimum atomic E-state index is -0.136. The zero-order chi connectivity index (χ0) is 12.1. The van der Waals surface area contributed by atoms with Crippen molar-refractivity contribution in [1.82, 2.24) is 0 Å². The molecule has 17 heavy (non-hydrogen) atoms. The molecule has 0 aromatic heterocycles. The van der Waals surface area contributed by atoms with E-state index in [2.05, 4.69) is 5.16 Å². The van der Waals surface area contributed by atoms with Crippen molar-refractivity contribution < 1.29 is 14.7 Å². The van der Waals surface area contributed by atoms with Gasteiger partial charge in [-0.15, -0.1) is 0 Å². The van der Waals surface area contributed by atoms with Crippen molar-refractivity contribution in [2.45, 2.75) is 19.1 Å². The lowest BCUT2D eigenvalue weighted by atomic mass is 9.98. The van der Waals surface area contributed by atoms with Crippen LogP contribution in [0.15, 0.2) is 41.8 Å². The molecule has 1 N–H and O–H groups in total. The summed E-state index contributed by atoms with van der Waals surface area (Å²) in [7, 11) is 1.50. The van der Waals surface area contributed by atoms with E-state index < -0.39 is 0 Å². The molecule has 0 fully saturated rings. The summed E-state index contributed by atoms with van der Waals surface area (Å²) in [6, 6.07) is 7.56. The van der Waals surface area contributed by atoms with Gasteiger partial charge in [-0.3, -0.25) is 0 Å². The van der Waals surface area contributed by atoms with Gasteiger partial charge in [0.2, 0.25) is 0 Å². The lowest BCUT2D eigenvalue weighted by molar-refractivity contribution is 0.193. The molecule has 0 amide bonds. The average Bonchev–Trinajstić information content (AvgIpc) is 2.89. The molecule has 1 aliphatic heterocycles. The second-order valence-corrected chi connectivity index (χ2v) is 3.71. The van der Waals surface area contributed by atoms with Gasteiger partial charge in [0.25, 0.3) is 0 Å². The zero-order valence-electron chi connectivity index (χ0n) is 9.67. The highest BCUT2D eigenvalue weighted by Gasteiger charge is 2.23. The van der Waals surface area contributed by atoms with Crippen molar-refractivity contribution in [3.8, 4) is 0 Å². The molecule has 0 saturated heterocycles. The van der Waals surface area contributed by atoms with Crippen molar-refractivity contribution >= 4 is 5.71 Å². The van der Waals surface area contributed by atoms with Crippen molar-refractivity contribution in [1.29, 1.82) is 0 Å². The number of hydrogen-bond acceptors (Lipinski definition) is 4. The summed E-state index contributed by atoms with van der Waals surface area (Å²) < 4.78 is 5.45. The van der Waals surface area contributed by atoms with E-state index >= 15 is 0 Å². The summed E-state index contributed by atoms with van der Waals surface area (Å²) in [5, 5.41) is 13.4. The van der Waals surface area contributed by atoms with Gasteiger partial charge in [-0.1, -0.05) is 29.4 Å². The van der Waals surface area contributed by atoms with Gasteiger partial charge in [0.1, 0.15) is 18.9 Å². The Morgan fingerprint density at radius 1 is 1.53 bits per heavy atom. The lowest BCUT2D eigenvalue weighted by Gasteiger charge is -2.15. The molecular formula is C13H15NO3. The molecule has 1 aromatic rings. The Balaban J connectivity index is 2.35. The first-order chi connectivity index (χ1) is 8.36. The number of nitrogens with zero attached hydrogens (tertiary/aromatic N) is 1. The molecule has 1 heterocycles. The van der Waals surface area contributed by atoms with E-state index in [1.54, 1.807) is 6.26 Å². The Morgan fingerprint density at radius 3 is 3.00 bits per heavy atom. The Morgan fingerprint density at radius 2 is 2.35 bits per heavy atom. The second-order valence-electron chi connectivity index (χ2n) is 3.71. The van der Waals surface area contributed by atoms with Gasteiger partial charge in [-0.05, 0) is 11.6 Å². The van der Waals surface area contributed by atoms with Crippen LogP contribution < -0.4 is 0 Å². The van der Waals surface area contributed by atoms with Crippen LogP contribution in [0, 0.1) is 0 Å². The molecule has 1 unspecified atom stereocenters. The van der Waals surface area contributed by atoms with Crippen LogP contribution in [0.2, 0.25) is 0 Å². The molecule has 4 heteroatoms. The standard InChI is InChI=1S/C13H15NO3/c1-16-14-13(12-7-4-8-17-12)11-6-3-2-5-10(11)9-15/h2-6,8,12,15H,7,9H2,1H3/b14-13+. The van der Waals surface area contributed by atoms with Gasteiger partial charge in [-0.2, -0.15) is 0 Å². The van der Waals surface area contributed by atoms with Gasteiger partial charge in [0, 0.05) is 12.0 Å². The van der Waals surface area contributed by atoms with Crippen molar-refractivity contribution in [2.75, 3.05) is 7.11 Å². The summed E-state index contributed by atoms with van der Waals surface area (Å²) >= 11 is 0. The van der Waals surface area contributed by atoms with E-state index in [1.165, 1.54) is 7.11 Å². The number of oxime groups is 1. The summed E-state index contributed by atoms with van der Waals surface area (Å²) in [6.45, 7) is -0.0287. The number of benzene rings is 1. The second kappa shape index (κ2) is 5.50. The quantitative estimate of drug-likeness (QED) is 0.637. The van der Waals surface area contributed by atoms with Gasteiger partial charge >= 0.3 is 0 Å². The smallest absolute Gasteiger partial charge is 0.147 e. The van der Waals surface area contributed by atoms with E-state index in [0.717, 1.165) is 17.5 Å². The van der Waals surface area contributed by atoms with Crippen LogP contribution in [-0.4, -0.2) is 24.0 Å². The van der Waals surface area contributed by atoms with Crippen LogP contribution in [0.1, 0.15) is 17.5 Å². The normalized spacial score (nSPS) is 19.2. The van der Waals surface area contributed by atoms with Crippen LogP contribution in [0.25, 0.3) is 0 Å². The predicted octanol–water partition coefficient (Wildman–Crippen LogP) is 1.83. The fraction of sp³-hybridized carbons (Fsp3) is 0.308. The Labute approximate surface area is 100 Å². The third kappa shape index (κ3) is 2.47. The predicted molar refractivity (Wildman–Crippen MR) is 64.5 cm³/mol. The molecule has 0 saturated carbocycles. The maximum Gasteiger partial charge on any atom is 0.147 e. The number of aliphatic hydroxyl groups excluding tert-OH is 1. The summed E-state index contributed by atoms with van der Waals surface area (Å²) in [6.07, 6.45) is 4.24. The SMILES string of the molecule is CO/N=C(\c1ccccc1CO)C1CC=CO1. The molecule has 0 aliphatic carbocycles. The van der Waals surface area contributed by atoms with E-state index in [0.29, 0.717) is 5.71 Å². The van der Waals surface area contributed by atoms with Crippen molar-refractivity contribution in [2.24, 2.45) is 5.16 Å². The Bertz CT molecular complexity index is 432. The number of aliphatic hydroxyl groups is 1. The zero-order valence-corrected chi connectivity index (χ0v) is 9.67. The Kier molecular flexibility index (Phi) is 3.77. The molecule has 0 bridgehead atoms. The third-order valence-corrected chi connectivity index (χ3v) is 2.65. The van der Waals surface area contributed by atoms with E-state index in [1.807, 2.05) is 30.3 Å². The molecule has 1 aromatic carbocycles. The molecular weight excluding hydrogens is 218 g/mol. The van der Waals surface area contributed by atoms with Crippen molar-refractivity contribution in [3.05, 3.63) is 47.7 Å². The monoisotopic (exact) mass is 233 g/mol. The summed E-state index contributed by atoms with van der Waals surface area (Å²) in [5.74, 6) is 0. The molecule has 4 nitrogen and oxygen atoms in total. The first-order valence-corrected chi connectivity index (χ1v) is 5.47. The number of hydrogen-bond donors (Lipinski definition) is 1. The molecule has 0 spiro atoms. The van der Waals surface area contributed by atoms with Crippen LogP contribution in [-0.2, 0) is 16.2 Å². The third-order valence-electron chi connectivity index (χ3n) is 2.65. The maximum absolute atomic E-state index is 9.33. The first-order valence-electron chi connectivity index (χ1n) is 5.47. The lowest BCUT2D eigenvalue weighted by Crippen LogP contribution is -2.22. The van der Waals surface area contributed by atoms with Crippen LogP contribution >= 0.6 is 0 Å². The molecule has 2 rings (SSSR count). The van der Waals surface area contributed by atoms with Crippen LogP contribution in [0.4, 0.5) is 0 Å². The van der Waals surface area contributed by atoms with Gasteiger partial charge < -0.3 is 14.7 Å². The molecule has 0 radical (unpaired) electrons. The van der Waals surface area contributed by atoms with Crippen LogP contribution in [0.3, 0.4) is 0 Å². The van der Waals surface area contributed by atoms with E-state index in [-0.39, 0.29) is 12.7 Å². The maximum atomic E-state index is 9.33.